The third-order valence-corrected chi connectivity index (χ3v) is 6.44. The number of nitrogens with zero attached hydrogens (tertiary/aromatic N) is 4. The van der Waals surface area contributed by atoms with Gasteiger partial charge in [-0.1, -0.05) is 18.2 Å². The van der Waals surface area contributed by atoms with Crippen LogP contribution in [0.2, 0.25) is 0 Å². The van der Waals surface area contributed by atoms with E-state index in [2.05, 4.69) is 52.8 Å². The monoisotopic (exact) mass is 457 g/mol. The maximum Gasteiger partial charge on any atom is 0.174 e. The number of rotatable bonds is 4. The van der Waals surface area contributed by atoms with E-state index in [1.165, 1.54) is 6.07 Å². The molecule has 3 aromatic heterocycles. The van der Waals surface area contributed by atoms with Crippen molar-refractivity contribution in [1.82, 2.24) is 19.9 Å². The summed E-state index contributed by atoms with van der Waals surface area (Å²) in [4.78, 5) is 11.1. The van der Waals surface area contributed by atoms with Crippen LogP contribution >= 0.6 is 12.2 Å². The fraction of sp³-hybridized carbons (Fsp3) is 0.192. The summed E-state index contributed by atoms with van der Waals surface area (Å²) in [5.41, 5.74) is 5.55. The molecule has 166 valence electrons. The van der Waals surface area contributed by atoms with Crippen molar-refractivity contribution < 1.29 is 4.39 Å². The molecule has 0 amide bonds. The molecule has 33 heavy (non-hydrogen) atoms. The van der Waals surface area contributed by atoms with E-state index in [0.29, 0.717) is 10.8 Å². The van der Waals surface area contributed by atoms with Gasteiger partial charge in [-0.15, -0.1) is 0 Å². The number of hydrogen-bond acceptors (Lipinski definition) is 3. The predicted octanol–water partition coefficient (Wildman–Crippen LogP) is 5.51. The van der Waals surface area contributed by atoms with E-state index in [1.54, 1.807) is 18.3 Å². The Labute approximate surface area is 197 Å². The Hall–Kier alpha value is -3.58. The standard InChI is InChI=1S/C26H24FN5S/c1-16-11-13-29-23(14-16)31-17(2)15-19(18(31)3)25-24(21-9-6-7-12-28-21)30-26(33)32(25)22-10-5-4-8-20(22)27/h4-15,24-25H,1-3H3,(H,30,33)/t24-,25-/m1/s1. The second-order valence-electron chi connectivity index (χ2n) is 8.30. The zero-order valence-corrected chi connectivity index (χ0v) is 19.5. The first-order valence-electron chi connectivity index (χ1n) is 10.8. The first kappa shape index (κ1) is 21.3. The number of para-hydroxylation sites is 1. The van der Waals surface area contributed by atoms with E-state index in [1.807, 2.05) is 41.4 Å². The SMILES string of the molecule is Cc1ccnc(-n2c(C)cc([C@@H]3[C@@H](c4ccccn4)NC(=S)N3c3ccccc3F)c2C)c1. The summed E-state index contributed by atoms with van der Waals surface area (Å²) in [5.74, 6) is 0.541. The van der Waals surface area contributed by atoms with Gasteiger partial charge in [-0.2, -0.15) is 0 Å². The summed E-state index contributed by atoms with van der Waals surface area (Å²) < 4.78 is 17.1. The lowest BCUT2D eigenvalue weighted by Crippen LogP contribution is -2.30. The molecule has 7 heteroatoms. The van der Waals surface area contributed by atoms with Crippen LogP contribution in [-0.2, 0) is 0 Å². The molecule has 5 nitrogen and oxygen atoms in total. The van der Waals surface area contributed by atoms with Crippen LogP contribution in [0.4, 0.5) is 10.1 Å². The lowest BCUT2D eigenvalue weighted by molar-refractivity contribution is 0.556. The number of aromatic nitrogens is 3. The summed E-state index contributed by atoms with van der Waals surface area (Å²) >= 11 is 5.73. The Morgan fingerprint density at radius 1 is 0.939 bits per heavy atom. The molecule has 0 unspecified atom stereocenters. The zero-order valence-electron chi connectivity index (χ0n) is 18.7. The minimum atomic E-state index is -0.317. The normalized spacial score (nSPS) is 17.9. The van der Waals surface area contributed by atoms with Gasteiger partial charge in [0.1, 0.15) is 11.6 Å². The minimum Gasteiger partial charge on any atom is -0.351 e. The van der Waals surface area contributed by atoms with Gasteiger partial charge in [0.2, 0.25) is 0 Å². The van der Waals surface area contributed by atoms with Crippen molar-refractivity contribution in [2.45, 2.75) is 32.9 Å². The van der Waals surface area contributed by atoms with E-state index in [0.717, 1.165) is 34.0 Å². The fourth-order valence-electron chi connectivity index (χ4n) is 4.66. The number of thiocarbonyl (C=S) groups is 1. The molecule has 1 aromatic carbocycles. The van der Waals surface area contributed by atoms with Gasteiger partial charge in [-0.3, -0.25) is 4.98 Å². The van der Waals surface area contributed by atoms with Crippen molar-refractivity contribution in [2.24, 2.45) is 0 Å². The molecule has 0 radical (unpaired) electrons. The van der Waals surface area contributed by atoms with Crippen molar-refractivity contribution in [2.75, 3.05) is 4.90 Å². The number of pyridine rings is 2. The second-order valence-corrected chi connectivity index (χ2v) is 8.69. The summed E-state index contributed by atoms with van der Waals surface area (Å²) in [7, 11) is 0. The van der Waals surface area contributed by atoms with Crippen LogP contribution in [0.1, 0.15) is 40.3 Å². The van der Waals surface area contributed by atoms with E-state index in [-0.39, 0.29) is 17.9 Å². The summed E-state index contributed by atoms with van der Waals surface area (Å²) in [6.07, 6.45) is 3.58. The number of halogens is 1. The summed E-state index contributed by atoms with van der Waals surface area (Å²) in [6, 6.07) is 18.2. The number of aryl methyl sites for hydroxylation is 2. The Balaban J connectivity index is 1.70. The lowest BCUT2D eigenvalue weighted by Gasteiger charge is -2.28. The maximum atomic E-state index is 15.0. The molecule has 0 spiro atoms. The van der Waals surface area contributed by atoms with Crippen LogP contribution in [0.5, 0.6) is 0 Å². The summed E-state index contributed by atoms with van der Waals surface area (Å²) in [5, 5.41) is 3.87. The topological polar surface area (TPSA) is 46.0 Å². The fourth-order valence-corrected chi connectivity index (χ4v) is 5.00. The molecule has 4 aromatic rings. The molecule has 5 rings (SSSR count). The van der Waals surface area contributed by atoms with Crippen LogP contribution < -0.4 is 10.2 Å². The number of nitrogens with one attached hydrogen (secondary N) is 1. The number of anilines is 1. The van der Waals surface area contributed by atoms with Gasteiger partial charge in [0.05, 0.1) is 23.5 Å². The molecule has 1 fully saturated rings. The third-order valence-electron chi connectivity index (χ3n) is 6.13. The molecular weight excluding hydrogens is 433 g/mol. The van der Waals surface area contributed by atoms with Crippen LogP contribution in [0.15, 0.2) is 73.1 Å². The molecule has 1 saturated heterocycles. The third kappa shape index (κ3) is 3.68. The Morgan fingerprint density at radius 2 is 1.73 bits per heavy atom. The van der Waals surface area contributed by atoms with Crippen LogP contribution in [0, 0.1) is 26.6 Å². The van der Waals surface area contributed by atoms with Crippen molar-refractivity contribution in [3.8, 4) is 5.82 Å². The van der Waals surface area contributed by atoms with Gasteiger partial charge in [0.15, 0.2) is 5.11 Å². The molecule has 1 aliphatic heterocycles. The molecule has 4 heterocycles. The van der Waals surface area contributed by atoms with Crippen molar-refractivity contribution >= 4 is 23.0 Å². The molecule has 1 aliphatic rings. The predicted molar refractivity (Wildman–Crippen MR) is 132 cm³/mol. The van der Waals surface area contributed by atoms with Gasteiger partial charge < -0.3 is 14.8 Å². The largest absolute Gasteiger partial charge is 0.351 e. The number of benzene rings is 1. The van der Waals surface area contributed by atoms with E-state index < -0.39 is 0 Å². The van der Waals surface area contributed by atoms with Gasteiger partial charge in [0.25, 0.3) is 0 Å². The van der Waals surface area contributed by atoms with E-state index in [9.17, 15) is 4.39 Å². The second kappa shape index (κ2) is 8.41. The van der Waals surface area contributed by atoms with Gasteiger partial charge in [-0.25, -0.2) is 9.37 Å². The molecule has 0 saturated carbocycles. The first-order valence-corrected chi connectivity index (χ1v) is 11.2. The van der Waals surface area contributed by atoms with Gasteiger partial charge in [-0.05, 0) is 86.6 Å². The average Bonchev–Trinajstić information content (AvgIpc) is 3.30. The Bertz CT molecular complexity index is 1330. The number of hydrogen-bond donors (Lipinski definition) is 1. The lowest BCUT2D eigenvalue weighted by atomic mass is 9.96. The smallest absolute Gasteiger partial charge is 0.174 e. The highest BCUT2D eigenvalue weighted by Crippen LogP contribution is 2.44. The minimum absolute atomic E-state index is 0.238. The Morgan fingerprint density at radius 3 is 2.45 bits per heavy atom. The van der Waals surface area contributed by atoms with Crippen molar-refractivity contribution in [3.63, 3.8) is 0 Å². The first-order chi connectivity index (χ1) is 16.0. The van der Waals surface area contributed by atoms with E-state index >= 15 is 0 Å². The van der Waals surface area contributed by atoms with Crippen molar-refractivity contribution in [1.29, 1.82) is 0 Å². The highest BCUT2D eigenvalue weighted by atomic mass is 32.1. The Kier molecular flexibility index (Phi) is 5.42. The summed E-state index contributed by atoms with van der Waals surface area (Å²) in [6.45, 7) is 6.18. The molecule has 2 atom stereocenters. The molecular formula is C26H24FN5S. The van der Waals surface area contributed by atoms with Gasteiger partial charge in [0, 0.05) is 23.8 Å². The maximum absolute atomic E-state index is 15.0. The average molecular weight is 458 g/mol. The van der Waals surface area contributed by atoms with E-state index in [4.69, 9.17) is 12.2 Å². The molecule has 0 aliphatic carbocycles. The quantitative estimate of drug-likeness (QED) is 0.410. The highest BCUT2D eigenvalue weighted by Gasteiger charge is 2.43. The van der Waals surface area contributed by atoms with Crippen molar-refractivity contribution in [3.05, 3.63) is 107 Å². The molecule has 0 bridgehead atoms. The zero-order chi connectivity index (χ0) is 23.1. The van der Waals surface area contributed by atoms with Crippen LogP contribution in [0.25, 0.3) is 5.82 Å². The molecule has 1 N–H and O–H groups in total. The highest BCUT2D eigenvalue weighted by molar-refractivity contribution is 7.80. The van der Waals surface area contributed by atoms with Crippen LogP contribution in [-0.4, -0.2) is 19.6 Å². The van der Waals surface area contributed by atoms with Crippen LogP contribution in [0.3, 0.4) is 0 Å². The van der Waals surface area contributed by atoms with Gasteiger partial charge >= 0.3 is 0 Å².